The molecule has 5 rings (SSSR count). The van der Waals surface area contributed by atoms with Crippen molar-refractivity contribution in [3.63, 3.8) is 0 Å². The summed E-state index contributed by atoms with van der Waals surface area (Å²) in [4.78, 5) is 1.23. The monoisotopic (exact) mass is 374 g/mol. The van der Waals surface area contributed by atoms with Gasteiger partial charge in [-0.2, -0.15) is 0 Å². The summed E-state index contributed by atoms with van der Waals surface area (Å²) in [6, 6.07) is 18.9. The van der Waals surface area contributed by atoms with Crippen LogP contribution in [0.3, 0.4) is 0 Å². The lowest BCUT2D eigenvalue weighted by Crippen LogP contribution is -2.06. The number of rotatable bonds is 3. The van der Waals surface area contributed by atoms with E-state index < -0.39 is 0 Å². The van der Waals surface area contributed by atoms with Gasteiger partial charge in [-0.05, 0) is 58.8 Å². The van der Waals surface area contributed by atoms with Crippen LogP contribution in [0.1, 0.15) is 5.56 Å². The lowest BCUT2D eigenvalue weighted by molar-refractivity contribution is 0.305. The van der Waals surface area contributed by atoms with Crippen LogP contribution >= 0.6 is 11.3 Å². The third kappa shape index (κ3) is 2.56. The summed E-state index contributed by atoms with van der Waals surface area (Å²) in [5, 5.41) is 4.36. The summed E-state index contributed by atoms with van der Waals surface area (Å²) in [5.41, 5.74) is 4.67. The van der Waals surface area contributed by atoms with Gasteiger partial charge in [0.25, 0.3) is 0 Å². The molecule has 4 heteroatoms. The van der Waals surface area contributed by atoms with Crippen molar-refractivity contribution in [1.29, 1.82) is 0 Å². The maximum atomic E-state index is 6.22. The minimum atomic E-state index is 0.541. The Kier molecular flexibility index (Phi) is 3.80. The standard InChI is InChI=1S/C23H18O3S/c1-24-15-5-7-17-14(10-15)13-26-23-18-8-6-16(25-2)11-19(18)20(12-21(17)23)22-4-3-9-27-22/h3-12H,13H2,1-2H3. The molecule has 1 aliphatic heterocycles. The van der Waals surface area contributed by atoms with E-state index in [1.54, 1.807) is 25.6 Å². The molecule has 0 bridgehead atoms. The quantitative estimate of drug-likeness (QED) is 0.431. The molecule has 0 atom stereocenters. The van der Waals surface area contributed by atoms with Crippen LogP contribution in [0.5, 0.6) is 17.2 Å². The third-order valence-electron chi connectivity index (χ3n) is 5.06. The fourth-order valence-electron chi connectivity index (χ4n) is 3.72. The van der Waals surface area contributed by atoms with Crippen molar-refractivity contribution in [1.82, 2.24) is 0 Å². The largest absolute Gasteiger partial charge is 0.497 e. The van der Waals surface area contributed by atoms with E-state index in [0.29, 0.717) is 6.61 Å². The lowest BCUT2D eigenvalue weighted by Gasteiger charge is -2.24. The van der Waals surface area contributed by atoms with Crippen molar-refractivity contribution in [3.05, 3.63) is 65.5 Å². The zero-order valence-electron chi connectivity index (χ0n) is 15.1. The van der Waals surface area contributed by atoms with Crippen molar-refractivity contribution in [3.8, 4) is 38.8 Å². The van der Waals surface area contributed by atoms with Gasteiger partial charge in [-0.3, -0.25) is 0 Å². The minimum absolute atomic E-state index is 0.541. The Morgan fingerprint density at radius 1 is 0.815 bits per heavy atom. The molecule has 0 N–H and O–H groups in total. The first kappa shape index (κ1) is 16.2. The van der Waals surface area contributed by atoms with Crippen LogP contribution < -0.4 is 14.2 Å². The normalized spacial score (nSPS) is 12.2. The highest BCUT2D eigenvalue weighted by Crippen LogP contribution is 2.48. The summed E-state index contributed by atoms with van der Waals surface area (Å²) < 4.78 is 17.1. The van der Waals surface area contributed by atoms with Gasteiger partial charge in [0, 0.05) is 27.0 Å². The van der Waals surface area contributed by atoms with E-state index in [-0.39, 0.29) is 0 Å². The average Bonchev–Trinajstić information content (AvgIpc) is 3.26. The maximum absolute atomic E-state index is 6.22. The predicted molar refractivity (Wildman–Crippen MR) is 110 cm³/mol. The SMILES string of the molecule is COc1ccc2c(c1)COc1c-2cc(-c2cccs2)c2cc(OC)ccc12. The number of benzene rings is 3. The van der Waals surface area contributed by atoms with Crippen LogP contribution in [0.4, 0.5) is 0 Å². The second-order valence-corrected chi connectivity index (χ2v) is 7.45. The first-order chi connectivity index (χ1) is 13.3. The molecule has 3 nitrogen and oxygen atoms in total. The Morgan fingerprint density at radius 2 is 1.63 bits per heavy atom. The van der Waals surface area contributed by atoms with Crippen LogP contribution in [0.2, 0.25) is 0 Å². The Bertz CT molecular complexity index is 1150. The molecule has 3 aromatic carbocycles. The van der Waals surface area contributed by atoms with Gasteiger partial charge in [-0.25, -0.2) is 0 Å². The highest BCUT2D eigenvalue weighted by molar-refractivity contribution is 7.13. The highest BCUT2D eigenvalue weighted by Gasteiger charge is 2.23. The van der Waals surface area contributed by atoms with Crippen molar-refractivity contribution in [2.24, 2.45) is 0 Å². The van der Waals surface area contributed by atoms with Gasteiger partial charge in [0.15, 0.2) is 0 Å². The van der Waals surface area contributed by atoms with Crippen molar-refractivity contribution in [2.45, 2.75) is 6.61 Å². The molecule has 0 spiro atoms. The molecule has 27 heavy (non-hydrogen) atoms. The number of thiophene rings is 1. The van der Waals surface area contributed by atoms with Crippen molar-refractivity contribution >= 4 is 22.1 Å². The second-order valence-electron chi connectivity index (χ2n) is 6.50. The van der Waals surface area contributed by atoms with E-state index in [1.165, 1.54) is 16.0 Å². The van der Waals surface area contributed by atoms with Crippen LogP contribution in [0, 0.1) is 0 Å². The summed E-state index contributed by atoms with van der Waals surface area (Å²) in [6.07, 6.45) is 0. The summed E-state index contributed by atoms with van der Waals surface area (Å²) >= 11 is 1.74. The van der Waals surface area contributed by atoms with Gasteiger partial charge < -0.3 is 14.2 Å². The minimum Gasteiger partial charge on any atom is -0.497 e. The Hall–Kier alpha value is -2.98. The third-order valence-corrected chi connectivity index (χ3v) is 5.96. The molecule has 4 aromatic rings. The van der Waals surface area contributed by atoms with E-state index in [1.807, 2.05) is 12.1 Å². The molecule has 0 saturated heterocycles. The lowest BCUT2D eigenvalue weighted by atomic mass is 9.90. The van der Waals surface area contributed by atoms with Crippen LogP contribution in [-0.4, -0.2) is 14.2 Å². The molecule has 134 valence electrons. The van der Waals surface area contributed by atoms with E-state index in [2.05, 4.69) is 47.8 Å². The molecule has 0 aliphatic carbocycles. The zero-order chi connectivity index (χ0) is 18.4. The first-order valence-corrected chi connectivity index (χ1v) is 9.65. The van der Waals surface area contributed by atoms with Crippen molar-refractivity contribution < 1.29 is 14.2 Å². The number of hydrogen-bond donors (Lipinski definition) is 0. The van der Waals surface area contributed by atoms with Gasteiger partial charge in [0.05, 0.1) is 14.2 Å². The number of fused-ring (bicyclic) bond motifs is 5. The average molecular weight is 374 g/mol. The molecular weight excluding hydrogens is 356 g/mol. The second kappa shape index (κ2) is 6.32. The van der Waals surface area contributed by atoms with Gasteiger partial charge in [0.1, 0.15) is 23.9 Å². The van der Waals surface area contributed by atoms with Crippen LogP contribution in [-0.2, 0) is 6.61 Å². The van der Waals surface area contributed by atoms with Crippen LogP contribution in [0.15, 0.2) is 60.0 Å². The Morgan fingerprint density at radius 3 is 2.41 bits per heavy atom. The highest BCUT2D eigenvalue weighted by atomic mass is 32.1. The van der Waals surface area contributed by atoms with Gasteiger partial charge >= 0.3 is 0 Å². The topological polar surface area (TPSA) is 27.7 Å². The fraction of sp³-hybridized carbons (Fsp3) is 0.130. The molecule has 1 aromatic heterocycles. The Balaban J connectivity index is 1.83. The number of ether oxygens (including phenoxy) is 3. The zero-order valence-corrected chi connectivity index (χ0v) is 15.9. The molecule has 2 heterocycles. The van der Waals surface area contributed by atoms with Crippen molar-refractivity contribution in [2.75, 3.05) is 14.2 Å². The van der Waals surface area contributed by atoms with Gasteiger partial charge in [-0.1, -0.05) is 12.1 Å². The molecule has 0 saturated carbocycles. The first-order valence-electron chi connectivity index (χ1n) is 8.77. The van der Waals surface area contributed by atoms with Crippen LogP contribution in [0.25, 0.3) is 32.3 Å². The molecule has 0 amide bonds. The molecular formula is C23H18O3S. The van der Waals surface area contributed by atoms with Gasteiger partial charge in [0.2, 0.25) is 0 Å². The predicted octanol–water partition coefficient (Wildman–Crippen LogP) is 6.14. The van der Waals surface area contributed by atoms with E-state index in [9.17, 15) is 0 Å². The van der Waals surface area contributed by atoms with E-state index >= 15 is 0 Å². The molecule has 1 aliphatic rings. The molecule has 0 radical (unpaired) electrons. The smallest absolute Gasteiger partial charge is 0.135 e. The number of hydrogen-bond acceptors (Lipinski definition) is 4. The molecule has 0 fully saturated rings. The Labute approximate surface area is 161 Å². The number of methoxy groups -OCH3 is 2. The maximum Gasteiger partial charge on any atom is 0.135 e. The van der Waals surface area contributed by atoms with Gasteiger partial charge in [-0.15, -0.1) is 11.3 Å². The summed E-state index contributed by atoms with van der Waals surface area (Å²) in [7, 11) is 3.39. The van der Waals surface area contributed by atoms with E-state index in [4.69, 9.17) is 14.2 Å². The summed E-state index contributed by atoms with van der Waals surface area (Å²) in [5.74, 6) is 2.64. The van der Waals surface area contributed by atoms with E-state index in [0.717, 1.165) is 39.1 Å². The fourth-order valence-corrected chi connectivity index (χ4v) is 4.48. The summed E-state index contributed by atoms with van der Waals surface area (Å²) in [6.45, 7) is 0.541. The molecule has 0 unspecified atom stereocenters.